The number of unbranched alkanes of at least 4 members (excludes halogenated alkanes) is 1. The van der Waals surface area contributed by atoms with Crippen LogP contribution in [0.2, 0.25) is 5.02 Å². The van der Waals surface area contributed by atoms with Crippen LogP contribution in [0.5, 0.6) is 5.75 Å². The lowest BCUT2D eigenvalue weighted by Crippen LogP contribution is -2.37. The van der Waals surface area contributed by atoms with Crippen LogP contribution in [0, 0.1) is 0 Å². The van der Waals surface area contributed by atoms with Crippen LogP contribution in [-0.2, 0) is 9.59 Å². The highest BCUT2D eigenvalue weighted by molar-refractivity contribution is 6.31. The van der Waals surface area contributed by atoms with E-state index in [9.17, 15) is 9.59 Å². The summed E-state index contributed by atoms with van der Waals surface area (Å²) in [7, 11) is 1.54. The molecular formula is C16H23ClN2O3. The highest BCUT2D eigenvalue weighted by Gasteiger charge is 2.16. The Kier molecular flexibility index (Phi) is 7.74. The van der Waals surface area contributed by atoms with E-state index in [-0.39, 0.29) is 11.8 Å². The number of halogens is 1. The minimum Gasteiger partial charge on any atom is -0.495 e. The van der Waals surface area contributed by atoms with Crippen molar-refractivity contribution in [3.63, 3.8) is 0 Å². The molecule has 122 valence electrons. The molecule has 1 N–H and O–H groups in total. The van der Waals surface area contributed by atoms with Crippen LogP contribution < -0.4 is 15.0 Å². The summed E-state index contributed by atoms with van der Waals surface area (Å²) in [5.74, 6) is 0.434. The minimum atomic E-state index is -0.136. The summed E-state index contributed by atoms with van der Waals surface area (Å²) in [6, 6.07) is 5.10. The van der Waals surface area contributed by atoms with Gasteiger partial charge in [-0.3, -0.25) is 9.59 Å². The van der Waals surface area contributed by atoms with Gasteiger partial charge in [0.15, 0.2) is 0 Å². The van der Waals surface area contributed by atoms with Crippen LogP contribution in [0.1, 0.15) is 33.1 Å². The van der Waals surface area contributed by atoms with Crippen molar-refractivity contribution in [2.24, 2.45) is 0 Å². The van der Waals surface area contributed by atoms with E-state index in [0.29, 0.717) is 36.0 Å². The average molecular weight is 327 g/mol. The van der Waals surface area contributed by atoms with Gasteiger partial charge >= 0.3 is 0 Å². The number of nitrogens with zero attached hydrogens (tertiary/aromatic N) is 1. The van der Waals surface area contributed by atoms with Crippen LogP contribution in [0.25, 0.3) is 0 Å². The van der Waals surface area contributed by atoms with Crippen molar-refractivity contribution < 1.29 is 14.3 Å². The number of ether oxygens (including phenoxy) is 1. The maximum Gasteiger partial charge on any atom is 0.224 e. The van der Waals surface area contributed by atoms with E-state index in [1.165, 1.54) is 14.0 Å². The van der Waals surface area contributed by atoms with Crippen molar-refractivity contribution in [1.82, 2.24) is 5.32 Å². The summed E-state index contributed by atoms with van der Waals surface area (Å²) in [5, 5.41) is 3.34. The zero-order valence-corrected chi connectivity index (χ0v) is 14.1. The molecule has 0 fully saturated rings. The predicted octanol–water partition coefficient (Wildman–Crippen LogP) is 3.01. The Balaban J connectivity index is 2.72. The molecule has 5 nitrogen and oxygen atoms in total. The number of benzene rings is 1. The molecule has 0 aliphatic heterocycles. The summed E-state index contributed by atoms with van der Waals surface area (Å²) in [5.41, 5.74) is 0.602. The van der Waals surface area contributed by atoms with Crippen molar-refractivity contribution in [2.45, 2.75) is 33.1 Å². The van der Waals surface area contributed by atoms with E-state index in [2.05, 4.69) is 5.32 Å². The average Bonchev–Trinajstić information content (AvgIpc) is 2.49. The number of hydrogen-bond donors (Lipinski definition) is 1. The minimum absolute atomic E-state index is 0.00316. The molecule has 0 heterocycles. The van der Waals surface area contributed by atoms with E-state index in [0.717, 1.165) is 12.8 Å². The Bertz CT molecular complexity index is 520. The number of rotatable bonds is 8. The van der Waals surface area contributed by atoms with Gasteiger partial charge in [-0.2, -0.15) is 0 Å². The smallest absolute Gasteiger partial charge is 0.224 e. The fraction of sp³-hybridized carbons (Fsp3) is 0.500. The number of nitrogens with one attached hydrogen (secondary N) is 1. The molecule has 2 amide bonds. The van der Waals surface area contributed by atoms with Crippen LogP contribution in [0.4, 0.5) is 5.69 Å². The number of amides is 2. The summed E-state index contributed by atoms with van der Waals surface area (Å²) >= 11 is 6.00. The molecule has 22 heavy (non-hydrogen) atoms. The highest BCUT2D eigenvalue weighted by Crippen LogP contribution is 2.31. The van der Waals surface area contributed by atoms with Crippen molar-refractivity contribution in [2.75, 3.05) is 25.1 Å². The van der Waals surface area contributed by atoms with E-state index >= 15 is 0 Å². The lowest BCUT2D eigenvalue weighted by atomic mass is 10.2. The van der Waals surface area contributed by atoms with Gasteiger partial charge in [0.05, 0.1) is 12.8 Å². The van der Waals surface area contributed by atoms with Crippen LogP contribution in [-0.4, -0.2) is 32.0 Å². The third-order valence-corrected chi connectivity index (χ3v) is 3.46. The van der Waals surface area contributed by atoms with Crippen LogP contribution >= 0.6 is 11.6 Å². The van der Waals surface area contributed by atoms with Gasteiger partial charge in [0, 0.05) is 31.5 Å². The molecule has 0 radical (unpaired) electrons. The molecule has 0 atom stereocenters. The predicted molar refractivity (Wildman–Crippen MR) is 88.6 cm³/mol. The Morgan fingerprint density at radius 3 is 2.68 bits per heavy atom. The number of methoxy groups -OCH3 is 1. The van der Waals surface area contributed by atoms with E-state index in [1.54, 1.807) is 23.1 Å². The number of carbonyl (C=O) groups excluding carboxylic acids is 2. The second kappa shape index (κ2) is 9.30. The van der Waals surface area contributed by atoms with Crippen molar-refractivity contribution >= 4 is 29.1 Å². The summed E-state index contributed by atoms with van der Waals surface area (Å²) in [6.45, 7) is 4.26. The summed E-state index contributed by atoms with van der Waals surface area (Å²) in [4.78, 5) is 25.0. The molecule has 1 aromatic rings. The highest BCUT2D eigenvalue weighted by atomic mass is 35.5. The van der Waals surface area contributed by atoms with Gasteiger partial charge in [-0.15, -0.1) is 0 Å². The Hall–Kier alpha value is -1.75. The summed E-state index contributed by atoms with van der Waals surface area (Å²) < 4.78 is 5.27. The van der Waals surface area contributed by atoms with Crippen LogP contribution in [0.15, 0.2) is 18.2 Å². The second-order valence-corrected chi connectivity index (χ2v) is 5.38. The number of carbonyl (C=O) groups is 2. The molecule has 0 bridgehead atoms. The molecule has 0 spiro atoms. The van der Waals surface area contributed by atoms with Gasteiger partial charge in [-0.05, 0) is 24.6 Å². The number of anilines is 1. The Morgan fingerprint density at radius 1 is 1.36 bits per heavy atom. The molecule has 6 heteroatoms. The summed E-state index contributed by atoms with van der Waals surface area (Å²) in [6.07, 6.45) is 2.36. The molecule has 1 aromatic carbocycles. The first-order chi connectivity index (χ1) is 10.5. The van der Waals surface area contributed by atoms with Crippen LogP contribution in [0.3, 0.4) is 0 Å². The maximum absolute atomic E-state index is 11.9. The molecule has 0 saturated heterocycles. The third kappa shape index (κ3) is 5.56. The first-order valence-corrected chi connectivity index (χ1v) is 7.75. The first-order valence-electron chi connectivity index (χ1n) is 7.38. The number of hydrogen-bond acceptors (Lipinski definition) is 3. The topological polar surface area (TPSA) is 58.6 Å². The second-order valence-electron chi connectivity index (χ2n) is 4.94. The van der Waals surface area contributed by atoms with Crippen molar-refractivity contribution in [1.29, 1.82) is 0 Å². The standard InChI is InChI=1S/C16H23ClN2O3/c1-4-5-6-16(21)18-9-10-19(12(2)20)14-11-13(17)7-8-15(14)22-3/h7-8,11H,4-6,9-10H2,1-3H3,(H,18,21). The van der Waals surface area contributed by atoms with Gasteiger partial charge in [0.1, 0.15) is 5.75 Å². The van der Waals surface area contributed by atoms with E-state index in [1.807, 2.05) is 6.92 Å². The van der Waals surface area contributed by atoms with E-state index < -0.39 is 0 Å². The Labute approximate surface area is 136 Å². The molecule has 0 aromatic heterocycles. The molecule has 0 unspecified atom stereocenters. The first kappa shape index (κ1) is 18.3. The monoisotopic (exact) mass is 326 g/mol. The molecule has 1 rings (SSSR count). The maximum atomic E-state index is 11.9. The quantitative estimate of drug-likeness (QED) is 0.799. The van der Waals surface area contributed by atoms with Gasteiger partial charge in [-0.25, -0.2) is 0 Å². The molecule has 0 saturated carbocycles. The fourth-order valence-corrected chi connectivity index (χ4v) is 2.22. The molecular weight excluding hydrogens is 304 g/mol. The Morgan fingerprint density at radius 2 is 2.09 bits per heavy atom. The lowest BCUT2D eigenvalue weighted by Gasteiger charge is -2.23. The van der Waals surface area contributed by atoms with Gasteiger partial charge in [0.2, 0.25) is 11.8 Å². The molecule has 0 aliphatic carbocycles. The van der Waals surface area contributed by atoms with Crippen molar-refractivity contribution in [3.05, 3.63) is 23.2 Å². The van der Waals surface area contributed by atoms with Crippen molar-refractivity contribution in [3.8, 4) is 5.75 Å². The van der Waals surface area contributed by atoms with E-state index in [4.69, 9.17) is 16.3 Å². The van der Waals surface area contributed by atoms with Gasteiger partial charge < -0.3 is 15.0 Å². The van der Waals surface area contributed by atoms with Gasteiger partial charge in [-0.1, -0.05) is 24.9 Å². The fourth-order valence-electron chi connectivity index (χ4n) is 2.05. The zero-order valence-electron chi connectivity index (χ0n) is 13.3. The van der Waals surface area contributed by atoms with Gasteiger partial charge in [0.25, 0.3) is 0 Å². The largest absolute Gasteiger partial charge is 0.495 e. The SMILES string of the molecule is CCCCC(=O)NCCN(C(C)=O)c1cc(Cl)ccc1OC. The third-order valence-electron chi connectivity index (χ3n) is 3.23. The normalized spacial score (nSPS) is 10.2. The lowest BCUT2D eigenvalue weighted by molar-refractivity contribution is -0.121. The molecule has 0 aliphatic rings. The zero-order chi connectivity index (χ0) is 16.5.